The Balaban J connectivity index is 2.00. The van der Waals surface area contributed by atoms with Crippen LogP contribution in [-0.2, 0) is 0 Å². The van der Waals surface area contributed by atoms with Gasteiger partial charge >= 0.3 is 0 Å². The summed E-state index contributed by atoms with van der Waals surface area (Å²) in [6, 6.07) is 6.24. The molecular formula is C16H17N3. The second-order valence-corrected chi connectivity index (χ2v) is 4.88. The highest BCUT2D eigenvalue weighted by Crippen LogP contribution is 2.21. The maximum atomic E-state index is 4.70. The molecular weight excluding hydrogens is 234 g/mol. The number of aromatic nitrogens is 2. The molecule has 0 saturated carbocycles. The second kappa shape index (κ2) is 5.22. The molecule has 19 heavy (non-hydrogen) atoms. The van der Waals surface area contributed by atoms with Gasteiger partial charge in [-0.05, 0) is 55.2 Å². The number of nitrogens with one attached hydrogen (secondary N) is 1. The Hall–Kier alpha value is -2.16. The first-order valence-corrected chi connectivity index (χ1v) is 6.64. The van der Waals surface area contributed by atoms with Crippen LogP contribution < -0.4 is 0 Å². The van der Waals surface area contributed by atoms with Crippen molar-refractivity contribution in [1.29, 1.82) is 0 Å². The van der Waals surface area contributed by atoms with Crippen LogP contribution in [-0.4, -0.2) is 22.2 Å². The predicted octanol–water partition coefficient (Wildman–Crippen LogP) is 3.38. The fraction of sp³-hybridized carbons (Fsp3) is 0.250. The van der Waals surface area contributed by atoms with Crippen molar-refractivity contribution in [3.63, 3.8) is 0 Å². The molecule has 0 unspecified atom stereocenters. The molecule has 0 atom stereocenters. The van der Waals surface area contributed by atoms with Crippen LogP contribution in [0.25, 0.3) is 6.08 Å². The van der Waals surface area contributed by atoms with Gasteiger partial charge in [0, 0.05) is 36.4 Å². The lowest BCUT2D eigenvalue weighted by atomic mass is 9.95. The van der Waals surface area contributed by atoms with E-state index in [-0.39, 0.29) is 0 Å². The Morgan fingerprint density at radius 3 is 3.05 bits per heavy atom. The number of hydrogen-bond acceptors (Lipinski definition) is 2. The molecule has 2 aromatic heterocycles. The molecule has 0 spiro atoms. The number of hydrogen-bond donors (Lipinski definition) is 1. The average Bonchev–Trinajstić information content (AvgIpc) is 2.92. The summed E-state index contributed by atoms with van der Waals surface area (Å²) in [6.45, 7) is 2.97. The molecule has 0 aromatic carbocycles. The number of aryl methyl sites for hydroxylation is 1. The van der Waals surface area contributed by atoms with Crippen LogP contribution in [0.2, 0.25) is 0 Å². The van der Waals surface area contributed by atoms with E-state index in [2.05, 4.69) is 35.1 Å². The van der Waals surface area contributed by atoms with Gasteiger partial charge in [0.1, 0.15) is 0 Å². The smallest absolute Gasteiger partial charge is 0.0694 e. The number of H-pyrrole nitrogens is 1. The van der Waals surface area contributed by atoms with E-state index in [1.54, 1.807) is 0 Å². The number of rotatable bonds is 2. The summed E-state index contributed by atoms with van der Waals surface area (Å²) in [7, 11) is 0. The van der Waals surface area contributed by atoms with Crippen molar-refractivity contribution >= 4 is 11.8 Å². The van der Waals surface area contributed by atoms with Gasteiger partial charge in [-0.15, -0.1) is 0 Å². The summed E-state index contributed by atoms with van der Waals surface area (Å²) in [5.41, 5.74) is 5.81. The molecule has 2 aromatic rings. The summed E-state index contributed by atoms with van der Waals surface area (Å²) in [4.78, 5) is 12.2. The van der Waals surface area contributed by atoms with Crippen molar-refractivity contribution in [2.24, 2.45) is 4.99 Å². The van der Waals surface area contributed by atoms with Crippen LogP contribution in [0.4, 0.5) is 0 Å². The maximum Gasteiger partial charge on any atom is 0.0694 e. The first kappa shape index (κ1) is 11.9. The lowest BCUT2D eigenvalue weighted by Crippen LogP contribution is -2.12. The summed E-state index contributed by atoms with van der Waals surface area (Å²) in [5, 5.41) is 0. The zero-order valence-corrected chi connectivity index (χ0v) is 11.1. The minimum atomic E-state index is 0.908. The van der Waals surface area contributed by atoms with Gasteiger partial charge in [0.2, 0.25) is 0 Å². The Labute approximate surface area is 113 Å². The molecule has 0 radical (unpaired) electrons. The van der Waals surface area contributed by atoms with Crippen molar-refractivity contribution in [2.75, 3.05) is 6.54 Å². The molecule has 3 heterocycles. The van der Waals surface area contributed by atoms with Crippen LogP contribution in [0.3, 0.4) is 0 Å². The molecule has 0 amide bonds. The lowest BCUT2D eigenvalue weighted by Gasteiger charge is -2.16. The third kappa shape index (κ3) is 2.65. The zero-order chi connectivity index (χ0) is 13.1. The molecule has 1 aliphatic rings. The fourth-order valence-corrected chi connectivity index (χ4v) is 2.40. The SMILES string of the molecule is Cc1cncc(C2=NCCCC2=Cc2ccc[nH]2)c1. The largest absolute Gasteiger partial charge is 0.362 e. The molecule has 3 rings (SSSR count). The van der Waals surface area contributed by atoms with E-state index < -0.39 is 0 Å². The van der Waals surface area contributed by atoms with Crippen LogP contribution in [0, 0.1) is 6.92 Å². The van der Waals surface area contributed by atoms with Crippen molar-refractivity contribution in [3.8, 4) is 0 Å². The van der Waals surface area contributed by atoms with E-state index in [1.165, 1.54) is 11.1 Å². The van der Waals surface area contributed by atoms with Crippen LogP contribution in [0.1, 0.15) is 29.7 Å². The quantitative estimate of drug-likeness (QED) is 0.873. The first-order chi connectivity index (χ1) is 9.33. The predicted molar refractivity (Wildman–Crippen MR) is 78.4 cm³/mol. The first-order valence-electron chi connectivity index (χ1n) is 6.64. The molecule has 3 heteroatoms. The minimum Gasteiger partial charge on any atom is -0.362 e. The van der Waals surface area contributed by atoms with Crippen molar-refractivity contribution in [2.45, 2.75) is 19.8 Å². The highest BCUT2D eigenvalue weighted by atomic mass is 14.8. The standard InChI is InChI=1S/C16H17N3/c1-12-8-14(11-17-10-12)16-13(4-2-7-19-16)9-15-5-3-6-18-15/h3,5-6,8-11,18H,2,4,7H2,1H3. The summed E-state index contributed by atoms with van der Waals surface area (Å²) in [6.07, 6.45) is 10.1. The minimum absolute atomic E-state index is 0.908. The van der Waals surface area contributed by atoms with Gasteiger partial charge in [0.15, 0.2) is 0 Å². The highest BCUT2D eigenvalue weighted by molar-refractivity contribution is 6.15. The van der Waals surface area contributed by atoms with E-state index in [0.29, 0.717) is 0 Å². The molecule has 0 bridgehead atoms. The van der Waals surface area contributed by atoms with E-state index >= 15 is 0 Å². The van der Waals surface area contributed by atoms with E-state index in [0.717, 1.165) is 36.4 Å². The van der Waals surface area contributed by atoms with Crippen molar-refractivity contribution < 1.29 is 0 Å². The van der Waals surface area contributed by atoms with E-state index in [9.17, 15) is 0 Å². The maximum absolute atomic E-state index is 4.70. The third-order valence-corrected chi connectivity index (χ3v) is 3.28. The Morgan fingerprint density at radius 2 is 2.26 bits per heavy atom. The zero-order valence-electron chi connectivity index (χ0n) is 11.1. The Morgan fingerprint density at radius 1 is 1.32 bits per heavy atom. The fourth-order valence-electron chi connectivity index (χ4n) is 2.40. The number of pyridine rings is 1. The Kier molecular flexibility index (Phi) is 3.27. The third-order valence-electron chi connectivity index (χ3n) is 3.28. The molecule has 1 aliphatic heterocycles. The van der Waals surface area contributed by atoms with Crippen molar-refractivity contribution in [1.82, 2.24) is 9.97 Å². The summed E-state index contributed by atoms with van der Waals surface area (Å²) in [5.74, 6) is 0. The average molecular weight is 251 g/mol. The molecule has 1 N–H and O–H groups in total. The van der Waals surface area contributed by atoms with Crippen LogP contribution in [0.15, 0.2) is 47.4 Å². The van der Waals surface area contributed by atoms with Gasteiger partial charge in [-0.3, -0.25) is 9.98 Å². The van der Waals surface area contributed by atoms with E-state index in [1.807, 2.05) is 24.7 Å². The van der Waals surface area contributed by atoms with Gasteiger partial charge in [-0.1, -0.05) is 0 Å². The van der Waals surface area contributed by atoms with Gasteiger partial charge in [0.25, 0.3) is 0 Å². The Bertz CT molecular complexity index is 621. The summed E-state index contributed by atoms with van der Waals surface area (Å²) >= 11 is 0. The monoisotopic (exact) mass is 251 g/mol. The highest BCUT2D eigenvalue weighted by Gasteiger charge is 2.14. The van der Waals surface area contributed by atoms with Gasteiger partial charge in [0.05, 0.1) is 5.71 Å². The molecule has 96 valence electrons. The topological polar surface area (TPSA) is 41.0 Å². The number of allylic oxidation sites excluding steroid dienone is 1. The van der Waals surface area contributed by atoms with Crippen LogP contribution in [0.5, 0.6) is 0 Å². The van der Waals surface area contributed by atoms with Crippen LogP contribution >= 0.6 is 0 Å². The number of aliphatic imine (C=N–C) groups is 1. The molecule has 0 saturated heterocycles. The molecule has 0 fully saturated rings. The molecule has 0 aliphatic carbocycles. The van der Waals surface area contributed by atoms with Gasteiger partial charge in [-0.25, -0.2) is 0 Å². The number of nitrogens with zero attached hydrogens (tertiary/aromatic N) is 2. The molecule has 3 nitrogen and oxygen atoms in total. The van der Waals surface area contributed by atoms with Gasteiger partial charge < -0.3 is 4.98 Å². The number of aromatic amines is 1. The van der Waals surface area contributed by atoms with Gasteiger partial charge in [-0.2, -0.15) is 0 Å². The van der Waals surface area contributed by atoms with E-state index in [4.69, 9.17) is 4.99 Å². The van der Waals surface area contributed by atoms with Crippen molar-refractivity contribution in [3.05, 3.63) is 59.2 Å². The lowest BCUT2D eigenvalue weighted by molar-refractivity contribution is 0.818. The normalized spacial score (nSPS) is 17.5. The second-order valence-electron chi connectivity index (χ2n) is 4.88. The summed E-state index contributed by atoms with van der Waals surface area (Å²) < 4.78 is 0.